The molecule has 20 heavy (non-hydrogen) atoms. The molecule has 1 fully saturated rings. The smallest absolute Gasteiger partial charge is 0.230 e. The first-order valence-corrected chi connectivity index (χ1v) is 8.60. The number of carbonyl (C=O) groups excluding carboxylic acids is 1. The number of nitrogens with one attached hydrogen (secondary N) is 2. The van der Waals surface area contributed by atoms with Gasteiger partial charge in [0, 0.05) is 12.5 Å². The molecule has 2 N–H and O–H groups in total. The van der Waals surface area contributed by atoms with Crippen LogP contribution in [0.2, 0.25) is 0 Å². The van der Waals surface area contributed by atoms with E-state index in [-0.39, 0.29) is 5.91 Å². The van der Waals surface area contributed by atoms with E-state index in [0.717, 1.165) is 25.1 Å². The van der Waals surface area contributed by atoms with Crippen LogP contribution in [0.4, 0.5) is 0 Å². The molecule has 0 bridgehead atoms. The summed E-state index contributed by atoms with van der Waals surface area (Å²) in [5, 5.41) is 10.8. The van der Waals surface area contributed by atoms with Crippen LogP contribution in [-0.4, -0.2) is 32.9 Å². The summed E-state index contributed by atoms with van der Waals surface area (Å²) in [5.74, 6) is 1.37. The fourth-order valence-corrected chi connectivity index (χ4v) is 3.13. The van der Waals surface area contributed by atoms with Gasteiger partial charge in [-0.2, -0.15) is 0 Å². The van der Waals surface area contributed by atoms with Gasteiger partial charge in [-0.1, -0.05) is 50.8 Å². The average Bonchev–Trinajstić information content (AvgIpc) is 2.87. The van der Waals surface area contributed by atoms with Gasteiger partial charge in [0.15, 0.2) is 0 Å². The highest BCUT2D eigenvalue weighted by Crippen LogP contribution is 2.18. The zero-order valence-corrected chi connectivity index (χ0v) is 13.0. The van der Waals surface area contributed by atoms with E-state index in [4.69, 9.17) is 0 Å². The van der Waals surface area contributed by atoms with Gasteiger partial charge < -0.3 is 5.32 Å². The Labute approximate surface area is 124 Å². The number of rotatable bonds is 5. The quantitative estimate of drug-likeness (QED) is 0.820. The number of amides is 1. The van der Waals surface area contributed by atoms with Crippen LogP contribution < -0.4 is 5.32 Å². The fourth-order valence-electron chi connectivity index (χ4n) is 2.50. The topological polar surface area (TPSA) is 70.7 Å². The molecule has 5 nitrogen and oxygen atoms in total. The first kappa shape index (κ1) is 15.4. The van der Waals surface area contributed by atoms with Crippen molar-refractivity contribution >= 4 is 17.7 Å². The second-order valence-corrected chi connectivity index (χ2v) is 6.26. The molecule has 1 amide bonds. The van der Waals surface area contributed by atoms with Crippen LogP contribution in [0.3, 0.4) is 0 Å². The first-order valence-electron chi connectivity index (χ1n) is 7.61. The fraction of sp³-hybridized carbons (Fsp3) is 0.786. The summed E-state index contributed by atoms with van der Waals surface area (Å²) in [6.45, 7) is 2.02. The Morgan fingerprint density at radius 1 is 1.30 bits per heavy atom. The van der Waals surface area contributed by atoms with Crippen molar-refractivity contribution in [1.29, 1.82) is 0 Å². The van der Waals surface area contributed by atoms with Gasteiger partial charge in [0.05, 0.1) is 5.75 Å². The molecular formula is C14H24N4OS. The highest BCUT2D eigenvalue weighted by atomic mass is 32.2. The Hall–Kier alpha value is -1.04. The standard InChI is InChI=1S/C14H24N4OS/c1-2-12-16-14(18-17-12)20-10-13(19)15-11-8-6-4-3-5-7-9-11/h11H,2-10H2,1H3,(H,15,19)(H,16,17,18). The van der Waals surface area contributed by atoms with Crippen molar-refractivity contribution in [3.63, 3.8) is 0 Å². The predicted molar refractivity (Wildman–Crippen MR) is 80.7 cm³/mol. The maximum Gasteiger partial charge on any atom is 0.230 e. The molecule has 1 aromatic heterocycles. The SMILES string of the molecule is CCc1nc(SCC(=O)NC2CCCCCCC2)n[nH]1. The van der Waals surface area contributed by atoms with Crippen LogP contribution in [0.5, 0.6) is 0 Å². The zero-order chi connectivity index (χ0) is 14.2. The van der Waals surface area contributed by atoms with Crippen molar-refractivity contribution in [3.05, 3.63) is 5.82 Å². The lowest BCUT2D eigenvalue weighted by Gasteiger charge is -2.20. The van der Waals surface area contributed by atoms with E-state index in [1.807, 2.05) is 6.92 Å². The lowest BCUT2D eigenvalue weighted by molar-refractivity contribution is -0.119. The third kappa shape index (κ3) is 5.15. The Balaban J connectivity index is 1.71. The van der Waals surface area contributed by atoms with Crippen molar-refractivity contribution in [2.45, 2.75) is 69.5 Å². The van der Waals surface area contributed by atoms with E-state index in [2.05, 4.69) is 20.5 Å². The van der Waals surface area contributed by atoms with Gasteiger partial charge in [-0.25, -0.2) is 4.98 Å². The van der Waals surface area contributed by atoms with Crippen LogP contribution in [0.25, 0.3) is 0 Å². The lowest BCUT2D eigenvalue weighted by atomic mass is 9.97. The zero-order valence-electron chi connectivity index (χ0n) is 12.2. The van der Waals surface area contributed by atoms with Gasteiger partial charge in [-0.3, -0.25) is 9.89 Å². The van der Waals surface area contributed by atoms with E-state index in [9.17, 15) is 4.79 Å². The number of hydrogen-bond acceptors (Lipinski definition) is 4. The van der Waals surface area contributed by atoms with Gasteiger partial charge in [0.2, 0.25) is 11.1 Å². The molecule has 0 radical (unpaired) electrons. The Kier molecular flexibility index (Phi) is 6.36. The number of thioether (sulfide) groups is 1. The summed E-state index contributed by atoms with van der Waals surface area (Å²) in [6, 6.07) is 0.363. The van der Waals surface area contributed by atoms with Gasteiger partial charge >= 0.3 is 0 Å². The van der Waals surface area contributed by atoms with E-state index in [1.165, 1.54) is 43.9 Å². The van der Waals surface area contributed by atoms with E-state index in [0.29, 0.717) is 17.0 Å². The second kappa shape index (κ2) is 8.29. The molecule has 1 aliphatic rings. The predicted octanol–water partition coefficient (Wildman–Crippen LogP) is 2.69. The minimum atomic E-state index is 0.100. The summed E-state index contributed by atoms with van der Waals surface area (Å²) in [5.41, 5.74) is 0. The Morgan fingerprint density at radius 2 is 2.00 bits per heavy atom. The molecule has 1 aliphatic carbocycles. The van der Waals surface area contributed by atoms with Gasteiger partial charge in [0.25, 0.3) is 0 Å². The molecule has 0 saturated heterocycles. The number of aromatic amines is 1. The van der Waals surface area contributed by atoms with E-state index >= 15 is 0 Å². The van der Waals surface area contributed by atoms with E-state index < -0.39 is 0 Å². The van der Waals surface area contributed by atoms with Gasteiger partial charge in [-0.15, -0.1) is 5.10 Å². The van der Waals surface area contributed by atoms with Gasteiger partial charge in [-0.05, 0) is 12.8 Å². The number of hydrogen-bond donors (Lipinski definition) is 2. The lowest BCUT2D eigenvalue weighted by Crippen LogP contribution is -2.36. The summed E-state index contributed by atoms with van der Waals surface area (Å²) >= 11 is 1.40. The van der Waals surface area contributed by atoms with Crippen LogP contribution in [0.1, 0.15) is 57.7 Å². The first-order chi connectivity index (χ1) is 9.78. The summed E-state index contributed by atoms with van der Waals surface area (Å²) in [6.07, 6.45) is 9.50. The van der Waals surface area contributed by atoms with Crippen molar-refractivity contribution in [2.24, 2.45) is 0 Å². The van der Waals surface area contributed by atoms with Crippen LogP contribution in [0.15, 0.2) is 5.16 Å². The normalized spacial score (nSPS) is 17.4. The summed E-state index contributed by atoms with van der Waals surface area (Å²) in [7, 11) is 0. The molecule has 112 valence electrons. The molecule has 0 atom stereocenters. The highest BCUT2D eigenvalue weighted by Gasteiger charge is 2.14. The van der Waals surface area contributed by atoms with Crippen molar-refractivity contribution in [2.75, 3.05) is 5.75 Å². The number of nitrogens with zero attached hydrogens (tertiary/aromatic N) is 2. The van der Waals surface area contributed by atoms with Crippen LogP contribution in [0, 0.1) is 0 Å². The molecule has 0 spiro atoms. The van der Waals surface area contributed by atoms with Crippen molar-refractivity contribution in [1.82, 2.24) is 20.5 Å². The molecule has 6 heteroatoms. The molecule has 0 unspecified atom stereocenters. The molecule has 0 aromatic carbocycles. The third-order valence-electron chi connectivity index (χ3n) is 3.65. The number of aryl methyl sites for hydroxylation is 1. The van der Waals surface area contributed by atoms with Crippen LogP contribution >= 0.6 is 11.8 Å². The third-order valence-corrected chi connectivity index (χ3v) is 4.50. The Bertz CT molecular complexity index is 413. The minimum Gasteiger partial charge on any atom is -0.353 e. The number of carbonyl (C=O) groups is 1. The molecular weight excluding hydrogens is 272 g/mol. The maximum absolute atomic E-state index is 12.0. The molecule has 0 aliphatic heterocycles. The average molecular weight is 296 g/mol. The molecule has 1 heterocycles. The highest BCUT2D eigenvalue weighted by molar-refractivity contribution is 7.99. The van der Waals surface area contributed by atoms with Crippen molar-refractivity contribution in [3.8, 4) is 0 Å². The minimum absolute atomic E-state index is 0.100. The Morgan fingerprint density at radius 3 is 2.65 bits per heavy atom. The van der Waals surface area contributed by atoms with E-state index in [1.54, 1.807) is 0 Å². The van der Waals surface area contributed by atoms with Crippen molar-refractivity contribution < 1.29 is 4.79 Å². The summed E-state index contributed by atoms with van der Waals surface area (Å²) in [4.78, 5) is 16.3. The van der Waals surface area contributed by atoms with Gasteiger partial charge in [0.1, 0.15) is 5.82 Å². The largest absolute Gasteiger partial charge is 0.353 e. The second-order valence-electron chi connectivity index (χ2n) is 5.32. The maximum atomic E-state index is 12.0. The van der Waals surface area contributed by atoms with Crippen LogP contribution in [-0.2, 0) is 11.2 Å². The molecule has 1 saturated carbocycles. The number of aromatic nitrogens is 3. The molecule has 2 rings (SSSR count). The monoisotopic (exact) mass is 296 g/mol. The molecule has 1 aromatic rings. The summed E-state index contributed by atoms with van der Waals surface area (Å²) < 4.78 is 0. The number of H-pyrrole nitrogens is 1.